The molecular weight excluding hydrogens is 310 g/mol. The number of hydrogen-bond acceptors (Lipinski definition) is 3. The van der Waals surface area contributed by atoms with Crippen molar-refractivity contribution in [2.24, 2.45) is 4.99 Å². The van der Waals surface area contributed by atoms with Crippen LogP contribution < -0.4 is 0 Å². The summed E-state index contributed by atoms with van der Waals surface area (Å²) < 4.78 is 5.15. The number of aryl methyl sites for hydroxylation is 1. The molecule has 23 heavy (non-hydrogen) atoms. The number of carbonyl (C=O) groups excluding carboxylic acids is 1. The van der Waals surface area contributed by atoms with Crippen molar-refractivity contribution in [1.82, 2.24) is 0 Å². The van der Waals surface area contributed by atoms with E-state index in [4.69, 9.17) is 16.3 Å². The van der Waals surface area contributed by atoms with Crippen LogP contribution in [0.25, 0.3) is 12.2 Å². The predicted octanol–water partition coefficient (Wildman–Crippen LogP) is 4.66. The van der Waals surface area contributed by atoms with Crippen molar-refractivity contribution < 1.29 is 9.53 Å². The molecule has 0 unspecified atom stereocenters. The van der Waals surface area contributed by atoms with Crippen LogP contribution in [0.15, 0.2) is 65.3 Å². The number of hydrogen-bond donors (Lipinski definition) is 0. The van der Waals surface area contributed by atoms with Crippen molar-refractivity contribution in [2.45, 2.75) is 6.92 Å². The number of aliphatic imine (C=N–C) groups is 1. The summed E-state index contributed by atoms with van der Waals surface area (Å²) in [4.78, 5) is 16.1. The molecule has 1 aliphatic heterocycles. The summed E-state index contributed by atoms with van der Waals surface area (Å²) in [5, 5.41) is 0.676. The van der Waals surface area contributed by atoms with Gasteiger partial charge in [0.2, 0.25) is 5.90 Å². The fraction of sp³-hybridized carbons (Fsp3) is 0.0526. The van der Waals surface area contributed by atoms with Crippen LogP contribution in [0.5, 0.6) is 0 Å². The van der Waals surface area contributed by atoms with Gasteiger partial charge in [0, 0.05) is 11.1 Å². The lowest BCUT2D eigenvalue weighted by Crippen LogP contribution is -2.01. The van der Waals surface area contributed by atoms with Crippen LogP contribution in [0.2, 0.25) is 5.02 Å². The molecule has 0 bridgehead atoms. The van der Waals surface area contributed by atoms with Crippen LogP contribution in [0.4, 0.5) is 0 Å². The molecule has 2 aromatic rings. The third-order valence-corrected chi connectivity index (χ3v) is 3.56. The highest BCUT2D eigenvalue weighted by Crippen LogP contribution is 2.17. The van der Waals surface area contributed by atoms with Gasteiger partial charge < -0.3 is 4.74 Å². The first-order valence-electron chi connectivity index (χ1n) is 7.13. The number of rotatable bonds is 3. The number of cyclic esters (lactones) is 1. The normalized spacial score (nSPS) is 16.0. The number of esters is 1. The molecule has 0 aromatic heterocycles. The fourth-order valence-corrected chi connectivity index (χ4v) is 2.18. The molecule has 0 aliphatic carbocycles. The number of halogens is 1. The minimum Gasteiger partial charge on any atom is -0.403 e. The molecule has 0 atom stereocenters. The van der Waals surface area contributed by atoms with Gasteiger partial charge in [-0.1, -0.05) is 53.6 Å². The quantitative estimate of drug-likeness (QED) is 0.608. The van der Waals surface area contributed by atoms with Gasteiger partial charge in [0.15, 0.2) is 5.70 Å². The zero-order chi connectivity index (χ0) is 16.2. The smallest absolute Gasteiger partial charge is 0.363 e. The van der Waals surface area contributed by atoms with Crippen molar-refractivity contribution in [2.75, 3.05) is 0 Å². The molecule has 0 amide bonds. The molecule has 1 heterocycles. The standard InChI is InChI=1S/C19H14ClNO2/c1-13-2-4-15(5-3-13)12-17-19(22)23-18(21-17)11-8-14-6-9-16(20)10-7-14/h2-12H,1H3. The Morgan fingerprint density at radius 1 is 0.957 bits per heavy atom. The van der Waals surface area contributed by atoms with Crippen LogP contribution in [0, 0.1) is 6.92 Å². The Bertz CT molecular complexity index is 815. The molecule has 2 aromatic carbocycles. The lowest BCUT2D eigenvalue weighted by Gasteiger charge is -1.95. The Morgan fingerprint density at radius 2 is 1.61 bits per heavy atom. The number of ether oxygens (including phenoxy) is 1. The minimum absolute atomic E-state index is 0.281. The largest absolute Gasteiger partial charge is 0.403 e. The van der Waals surface area contributed by atoms with Crippen molar-refractivity contribution in [3.63, 3.8) is 0 Å². The van der Waals surface area contributed by atoms with E-state index in [-0.39, 0.29) is 5.90 Å². The van der Waals surface area contributed by atoms with Gasteiger partial charge in [0.25, 0.3) is 0 Å². The number of benzene rings is 2. The van der Waals surface area contributed by atoms with E-state index in [9.17, 15) is 4.79 Å². The van der Waals surface area contributed by atoms with Crippen LogP contribution in [-0.2, 0) is 9.53 Å². The van der Waals surface area contributed by atoms with E-state index in [0.717, 1.165) is 16.7 Å². The summed E-state index contributed by atoms with van der Waals surface area (Å²) in [5.74, 6) is -0.162. The van der Waals surface area contributed by atoms with Crippen LogP contribution in [-0.4, -0.2) is 11.9 Å². The summed E-state index contributed by atoms with van der Waals surface area (Å²) in [6, 6.07) is 15.2. The second kappa shape index (κ2) is 6.63. The summed E-state index contributed by atoms with van der Waals surface area (Å²) in [6.07, 6.45) is 5.19. The summed E-state index contributed by atoms with van der Waals surface area (Å²) in [7, 11) is 0. The van der Waals surface area contributed by atoms with Crippen LogP contribution >= 0.6 is 11.6 Å². The molecule has 3 nitrogen and oxygen atoms in total. The van der Waals surface area contributed by atoms with E-state index in [1.807, 2.05) is 49.4 Å². The van der Waals surface area contributed by atoms with Gasteiger partial charge in [0.1, 0.15) is 0 Å². The van der Waals surface area contributed by atoms with E-state index < -0.39 is 5.97 Å². The van der Waals surface area contributed by atoms with Gasteiger partial charge in [-0.3, -0.25) is 0 Å². The van der Waals surface area contributed by atoms with Crippen molar-refractivity contribution in [3.05, 3.63) is 82.0 Å². The maximum Gasteiger partial charge on any atom is 0.363 e. The van der Waals surface area contributed by atoms with Gasteiger partial charge in [-0.2, -0.15) is 0 Å². The van der Waals surface area contributed by atoms with E-state index >= 15 is 0 Å². The maximum absolute atomic E-state index is 11.9. The highest BCUT2D eigenvalue weighted by atomic mass is 35.5. The molecule has 1 aliphatic rings. The maximum atomic E-state index is 11.9. The van der Waals surface area contributed by atoms with Gasteiger partial charge in [-0.15, -0.1) is 0 Å². The summed E-state index contributed by atoms with van der Waals surface area (Å²) in [5.41, 5.74) is 3.32. The fourth-order valence-electron chi connectivity index (χ4n) is 2.06. The third kappa shape index (κ3) is 3.96. The summed E-state index contributed by atoms with van der Waals surface area (Å²) >= 11 is 5.84. The first-order chi connectivity index (χ1) is 11.1. The van der Waals surface area contributed by atoms with E-state index in [2.05, 4.69) is 4.99 Å². The van der Waals surface area contributed by atoms with Crippen molar-refractivity contribution >= 4 is 35.6 Å². The van der Waals surface area contributed by atoms with Gasteiger partial charge in [-0.25, -0.2) is 9.79 Å². The predicted molar refractivity (Wildman–Crippen MR) is 93.2 cm³/mol. The molecule has 3 rings (SSSR count). The molecule has 0 saturated heterocycles. The Morgan fingerprint density at radius 3 is 2.30 bits per heavy atom. The zero-order valence-corrected chi connectivity index (χ0v) is 13.2. The van der Waals surface area contributed by atoms with E-state index in [1.54, 1.807) is 24.3 Å². The molecule has 0 saturated carbocycles. The molecule has 0 spiro atoms. The Hall–Kier alpha value is -2.65. The van der Waals surface area contributed by atoms with Crippen molar-refractivity contribution in [1.29, 1.82) is 0 Å². The molecular formula is C19H14ClNO2. The Balaban J connectivity index is 1.78. The second-order valence-corrected chi connectivity index (χ2v) is 5.60. The van der Waals surface area contributed by atoms with E-state index in [0.29, 0.717) is 10.7 Å². The van der Waals surface area contributed by atoms with Crippen molar-refractivity contribution in [3.8, 4) is 0 Å². The average molecular weight is 324 g/mol. The molecule has 0 N–H and O–H groups in total. The van der Waals surface area contributed by atoms with E-state index in [1.165, 1.54) is 0 Å². The topological polar surface area (TPSA) is 38.7 Å². The first kappa shape index (κ1) is 15.3. The lowest BCUT2D eigenvalue weighted by molar-refractivity contribution is -0.129. The molecule has 114 valence electrons. The second-order valence-electron chi connectivity index (χ2n) is 5.16. The monoisotopic (exact) mass is 323 g/mol. The van der Waals surface area contributed by atoms with Gasteiger partial charge in [0.05, 0.1) is 0 Å². The van der Waals surface area contributed by atoms with Gasteiger partial charge >= 0.3 is 5.97 Å². The Labute approximate surface area is 139 Å². The number of carbonyl (C=O) groups is 1. The SMILES string of the molecule is Cc1ccc(C=C2N=C(C=Cc3ccc(Cl)cc3)OC2=O)cc1. The summed E-state index contributed by atoms with van der Waals surface area (Å²) in [6.45, 7) is 2.01. The van der Waals surface area contributed by atoms with Crippen LogP contribution in [0.3, 0.4) is 0 Å². The number of nitrogens with zero attached hydrogens (tertiary/aromatic N) is 1. The molecule has 4 heteroatoms. The molecule has 0 fully saturated rings. The van der Waals surface area contributed by atoms with Gasteiger partial charge in [-0.05, 0) is 42.3 Å². The average Bonchev–Trinajstić information content (AvgIpc) is 2.89. The lowest BCUT2D eigenvalue weighted by atomic mass is 10.1. The highest BCUT2D eigenvalue weighted by molar-refractivity contribution is 6.30. The van der Waals surface area contributed by atoms with Crippen LogP contribution in [0.1, 0.15) is 16.7 Å². The molecule has 0 radical (unpaired) electrons. The first-order valence-corrected chi connectivity index (χ1v) is 7.51. The Kier molecular flexibility index (Phi) is 4.40. The zero-order valence-electron chi connectivity index (χ0n) is 12.5. The minimum atomic E-state index is -0.443. The third-order valence-electron chi connectivity index (χ3n) is 3.31. The highest BCUT2D eigenvalue weighted by Gasteiger charge is 2.20.